The lowest BCUT2D eigenvalue weighted by atomic mass is 9.70. The number of rotatable bonds is 4. The van der Waals surface area contributed by atoms with Crippen LogP contribution >= 0.6 is 0 Å². The molecule has 1 aliphatic carbocycles. The van der Waals surface area contributed by atoms with Crippen LogP contribution in [0, 0.1) is 18.3 Å². The molecule has 0 saturated heterocycles. The van der Waals surface area contributed by atoms with E-state index in [-0.39, 0.29) is 5.97 Å². The van der Waals surface area contributed by atoms with Crippen molar-refractivity contribution in [1.29, 1.82) is 0 Å². The van der Waals surface area contributed by atoms with Crippen LogP contribution < -0.4 is 15.8 Å². The van der Waals surface area contributed by atoms with Crippen LogP contribution in [0.4, 0.5) is 11.4 Å². The van der Waals surface area contributed by atoms with E-state index in [1.807, 2.05) is 13.0 Å². The van der Waals surface area contributed by atoms with Crippen molar-refractivity contribution < 1.29 is 9.53 Å². The first kappa shape index (κ1) is 17.6. The average Bonchev–Trinajstić information content (AvgIpc) is 2.41. The van der Waals surface area contributed by atoms with E-state index in [1.165, 1.54) is 6.42 Å². The molecule has 1 saturated carbocycles. The van der Waals surface area contributed by atoms with Crippen molar-refractivity contribution >= 4 is 17.3 Å². The van der Waals surface area contributed by atoms with E-state index >= 15 is 0 Å². The van der Waals surface area contributed by atoms with Crippen molar-refractivity contribution in [2.24, 2.45) is 11.3 Å². The molecule has 0 bridgehead atoms. The summed E-state index contributed by atoms with van der Waals surface area (Å²) >= 11 is 0. The summed E-state index contributed by atoms with van der Waals surface area (Å²) in [4.78, 5) is 11.5. The Morgan fingerprint density at radius 1 is 1.39 bits per heavy atom. The zero-order valence-corrected chi connectivity index (χ0v) is 15.0. The third kappa shape index (κ3) is 4.63. The summed E-state index contributed by atoms with van der Waals surface area (Å²) in [7, 11) is 0. The number of nitrogens with one attached hydrogen (secondary N) is 1. The van der Waals surface area contributed by atoms with Crippen molar-refractivity contribution in [2.45, 2.75) is 66.3 Å². The molecule has 4 nitrogen and oxygen atoms in total. The summed E-state index contributed by atoms with van der Waals surface area (Å²) < 4.78 is 5.32. The SMILES string of the molecule is CCC(=O)Oc1cc(N)c(NC2CC(C)CC(C)(C)C2)cc1C. The van der Waals surface area contributed by atoms with E-state index in [0.29, 0.717) is 35.2 Å². The van der Waals surface area contributed by atoms with Crippen LogP contribution in [0.25, 0.3) is 0 Å². The summed E-state index contributed by atoms with van der Waals surface area (Å²) in [5.41, 5.74) is 9.02. The molecule has 0 aromatic heterocycles. The monoisotopic (exact) mass is 318 g/mol. The number of ether oxygens (including phenoxy) is 1. The minimum Gasteiger partial charge on any atom is -0.426 e. The Morgan fingerprint density at radius 2 is 2.09 bits per heavy atom. The van der Waals surface area contributed by atoms with Crippen LogP contribution in [0.2, 0.25) is 0 Å². The molecule has 23 heavy (non-hydrogen) atoms. The number of esters is 1. The number of hydrogen-bond acceptors (Lipinski definition) is 4. The quantitative estimate of drug-likeness (QED) is 0.487. The van der Waals surface area contributed by atoms with Crippen molar-refractivity contribution in [3.05, 3.63) is 17.7 Å². The van der Waals surface area contributed by atoms with Gasteiger partial charge in [0.25, 0.3) is 0 Å². The topological polar surface area (TPSA) is 64.3 Å². The third-order valence-electron chi connectivity index (χ3n) is 4.61. The molecule has 0 spiro atoms. The molecule has 1 aromatic rings. The van der Waals surface area contributed by atoms with Gasteiger partial charge in [0.2, 0.25) is 0 Å². The van der Waals surface area contributed by atoms with Gasteiger partial charge in [0, 0.05) is 18.5 Å². The van der Waals surface area contributed by atoms with Gasteiger partial charge >= 0.3 is 5.97 Å². The molecule has 1 fully saturated rings. The average molecular weight is 318 g/mol. The molecule has 2 unspecified atom stereocenters. The summed E-state index contributed by atoms with van der Waals surface area (Å²) in [6.45, 7) is 10.7. The molecule has 0 aliphatic heterocycles. The minimum atomic E-state index is -0.240. The second-order valence-electron chi connectivity index (χ2n) is 7.79. The Bertz CT molecular complexity index is 581. The Morgan fingerprint density at radius 3 is 2.70 bits per heavy atom. The van der Waals surface area contributed by atoms with Crippen LogP contribution in [0.3, 0.4) is 0 Å². The van der Waals surface area contributed by atoms with Crippen molar-refractivity contribution in [2.75, 3.05) is 11.1 Å². The molecule has 0 amide bonds. The molecule has 2 rings (SSSR count). The highest BCUT2D eigenvalue weighted by atomic mass is 16.5. The maximum atomic E-state index is 11.5. The summed E-state index contributed by atoms with van der Waals surface area (Å²) in [6, 6.07) is 4.17. The van der Waals surface area contributed by atoms with Gasteiger partial charge in [0.05, 0.1) is 11.4 Å². The molecule has 4 heteroatoms. The van der Waals surface area contributed by atoms with Gasteiger partial charge in [-0.05, 0) is 49.1 Å². The van der Waals surface area contributed by atoms with Crippen LogP contribution in [-0.4, -0.2) is 12.0 Å². The van der Waals surface area contributed by atoms with Gasteiger partial charge in [0.1, 0.15) is 5.75 Å². The highest BCUT2D eigenvalue weighted by Gasteiger charge is 2.32. The molecule has 0 radical (unpaired) electrons. The Kier molecular flexibility index (Phi) is 5.23. The number of hydrogen-bond donors (Lipinski definition) is 2. The molecular weight excluding hydrogens is 288 g/mol. The smallest absolute Gasteiger partial charge is 0.310 e. The number of nitrogen functional groups attached to an aromatic ring is 1. The summed E-state index contributed by atoms with van der Waals surface area (Å²) in [5.74, 6) is 1.02. The lowest BCUT2D eigenvalue weighted by Crippen LogP contribution is -2.35. The van der Waals surface area contributed by atoms with E-state index in [1.54, 1.807) is 13.0 Å². The first-order chi connectivity index (χ1) is 10.7. The van der Waals surface area contributed by atoms with Gasteiger partial charge in [-0.15, -0.1) is 0 Å². The number of anilines is 2. The van der Waals surface area contributed by atoms with E-state index in [0.717, 1.165) is 24.1 Å². The number of nitrogens with two attached hydrogens (primary N) is 1. The second-order valence-corrected chi connectivity index (χ2v) is 7.79. The van der Waals surface area contributed by atoms with E-state index in [9.17, 15) is 4.79 Å². The fraction of sp³-hybridized carbons (Fsp3) is 0.632. The van der Waals surface area contributed by atoms with Gasteiger partial charge in [-0.2, -0.15) is 0 Å². The number of benzene rings is 1. The predicted molar refractivity (Wildman–Crippen MR) is 95.7 cm³/mol. The van der Waals surface area contributed by atoms with Gasteiger partial charge in [-0.3, -0.25) is 4.79 Å². The fourth-order valence-electron chi connectivity index (χ4n) is 3.81. The molecule has 1 aromatic carbocycles. The predicted octanol–water partition coefficient (Wildman–Crippen LogP) is 4.52. The highest BCUT2D eigenvalue weighted by Crippen LogP contribution is 2.40. The van der Waals surface area contributed by atoms with E-state index in [2.05, 4.69) is 26.1 Å². The Labute approximate surface area is 139 Å². The number of carbonyl (C=O) groups excluding carboxylic acids is 1. The summed E-state index contributed by atoms with van der Waals surface area (Å²) in [6.07, 6.45) is 3.93. The van der Waals surface area contributed by atoms with Gasteiger partial charge in [-0.25, -0.2) is 0 Å². The third-order valence-corrected chi connectivity index (χ3v) is 4.61. The van der Waals surface area contributed by atoms with E-state index in [4.69, 9.17) is 10.5 Å². The molecule has 2 atom stereocenters. The zero-order chi connectivity index (χ0) is 17.2. The largest absolute Gasteiger partial charge is 0.426 e. The zero-order valence-electron chi connectivity index (χ0n) is 15.0. The molecule has 3 N–H and O–H groups in total. The highest BCUT2D eigenvalue weighted by molar-refractivity contribution is 5.76. The fourth-order valence-corrected chi connectivity index (χ4v) is 3.81. The van der Waals surface area contributed by atoms with Crippen molar-refractivity contribution in [3.8, 4) is 5.75 Å². The van der Waals surface area contributed by atoms with Crippen LogP contribution in [0.15, 0.2) is 12.1 Å². The van der Waals surface area contributed by atoms with Gasteiger partial charge in [0.15, 0.2) is 0 Å². The number of aryl methyl sites for hydroxylation is 1. The van der Waals surface area contributed by atoms with Crippen molar-refractivity contribution in [3.63, 3.8) is 0 Å². The first-order valence-corrected chi connectivity index (χ1v) is 8.57. The first-order valence-electron chi connectivity index (χ1n) is 8.57. The van der Waals surface area contributed by atoms with E-state index < -0.39 is 0 Å². The molecule has 0 heterocycles. The lowest BCUT2D eigenvalue weighted by molar-refractivity contribution is -0.134. The molecular formula is C19H30N2O2. The standard InChI is InChI=1S/C19H30N2O2/c1-6-18(22)23-17-9-15(20)16(8-13(17)3)21-14-7-12(2)10-19(4,5)11-14/h8-9,12,14,21H,6-7,10-11,20H2,1-5H3. The second kappa shape index (κ2) is 6.81. The van der Waals surface area contributed by atoms with Crippen LogP contribution in [0.5, 0.6) is 5.75 Å². The van der Waals surface area contributed by atoms with Crippen LogP contribution in [0.1, 0.15) is 58.9 Å². The van der Waals surface area contributed by atoms with Crippen LogP contribution in [-0.2, 0) is 4.79 Å². The van der Waals surface area contributed by atoms with Gasteiger partial charge < -0.3 is 15.8 Å². The summed E-state index contributed by atoms with van der Waals surface area (Å²) in [5, 5.41) is 3.61. The molecule has 128 valence electrons. The van der Waals surface area contributed by atoms with Crippen molar-refractivity contribution in [1.82, 2.24) is 0 Å². The maximum Gasteiger partial charge on any atom is 0.310 e. The Hall–Kier alpha value is -1.71. The molecule has 1 aliphatic rings. The minimum absolute atomic E-state index is 0.240. The normalized spacial score (nSPS) is 23.3. The van der Waals surface area contributed by atoms with Gasteiger partial charge in [-0.1, -0.05) is 27.7 Å². The Balaban J connectivity index is 2.14. The lowest BCUT2D eigenvalue weighted by Gasteiger charge is -2.39. The number of carbonyl (C=O) groups is 1. The maximum absolute atomic E-state index is 11.5.